The quantitative estimate of drug-likeness (QED) is 0.442. The smallest absolute Gasteiger partial charge is 0.311 e. The molecule has 0 bridgehead atoms. The number of epoxide rings is 1. The molecule has 0 amide bonds. The van der Waals surface area contributed by atoms with Gasteiger partial charge in [-0.05, 0) is 65.5 Å². The first-order valence-electron chi connectivity index (χ1n) is 9.83. The maximum atomic E-state index is 12.6. The highest BCUT2D eigenvalue weighted by atomic mass is 16.6. The summed E-state index contributed by atoms with van der Waals surface area (Å²) in [6, 6.07) is 0. The number of ether oxygens (including phenoxy) is 2. The fourth-order valence-electron chi connectivity index (χ4n) is 4.97. The highest BCUT2D eigenvalue weighted by Gasteiger charge is 2.62. The molecule has 3 heterocycles. The molecule has 4 nitrogen and oxygen atoms in total. The van der Waals surface area contributed by atoms with Crippen LogP contribution in [0.5, 0.6) is 0 Å². The van der Waals surface area contributed by atoms with Crippen molar-refractivity contribution in [3.63, 3.8) is 0 Å². The number of piperidine rings is 1. The summed E-state index contributed by atoms with van der Waals surface area (Å²) in [7, 11) is 0. The standard InChI is InChI=1S/C20H31NO3/c1-14-7-6-10-20(2)18(24-20)17-15(9-8-14)16(19(22)23-17)13-21-11-4-3-5-12-21/h7,15-18H,3-6,8-13H2,1-2H3/b14-7-. The van der Waals surface area contributed by atoms with Gasteiger partial charge in [-0.3, -0.25) is 4.79 Å². The molecule has 0 aromatic heterocycles. The van der Waals surface area contributed by atoms with Gasteiger partial charge in [0.25, 0.3) is 0 Å². The largest absolute Gasteiger partial charge is 0.459 e. The van der Waals surface area contributed by atoms with Gasteiger partial charge in [0, 0.05) is 12.5 Å². The van der Waals surface area contributed by atoms with E-state index in [4.69, 9.17) is 9.47 Å². The molecule has 4 heteroatoms. The monoisotopic (exact) mass is 333 g/mol. The molecule has 3 fully saturated rings. The van der Waals surface area contributed by atoms with E-state index >= 15 is 0 Å². The maximum Gasteiger partial charge on any atom is 0.311 e. The molecule has 1 aliphatic carbocycles. The van der Waals surface area contributed by atoms with Crippen LogP contribution in [0.3, 0.4) is 0 Å². The third-order valence-electron chi connectivity index (χ3n) is 6.64. The molecule has 4 rings (SSSR count). The molecule has 0 aromatic carbocycles. The summed E-state index contributed by atoms with van der Waals surface area (Å²) in [5, 5.41) is 0. The van der Waals surface area contributed by atoms with Gasteiger partial charge >= 0.3 is 5.97 Å². The number of hydrogen-bond donors (Lipinski definition) is 0. The summed E-state index contributed by atoms with van der Waals surface area (Å²) in [6.07, 6.45) is 10.5. The second-order valence-electron chi connectivity index (χ2n) is 8.51. The third kappa shape index (κ3) is 3.15. The number of hydrogen-bond acceptors (Lipinski definition) is 4. The maximum absolute atomic E-state index is 12.6. The van der Waals surface area contributed by atoms with E-state index in [1.807, 2.05) is 0 Å². The fraction of sp³-hybridized carbons (Fsp3) is 0.850. The van der Waals surface area contributed by atoms with Crippen LogP contribution in [0.25, 0.3) is 0 Å². The fourth-order valence-corrected chi connectivity index (χ4v) is 4.97. The number of carbonyl (C=O) groups is 1. The van der Waals surface area contributed by atoms with Crippen molar-refractivity contribution in [3.05, 3.63) is 11.6 Å². The number of fused-ring (bicyclic) bond motifs is 3. The van der Waals surface area contributed by atoms with Crippen LogP contribution < -0.4 is 0 Å². The van der Waals surface area contributed by atoms with E-state index in [1.54, 1.807) is 0 Å². The predicted octanol–water partition coefficient (Wildman–Crippen LogP) is 3.31. The van der Waals surface area contributed by atoms with Crippen molar-refractivity contribution in [2.45, 2.75) is 76.6 Å². The van der Waals surface area contributed by atoms with Gasteiger partial charge in [0.15, 0.2) is 0 Å². The van der Waals surface area contributed by atoms with Crippen LogP contribution in [-0.4, -0.2) is 48.3 Å². The lowest BCUT2D eigenvalue weighted by Crippen LogP contribution is -2.39. The zero-order valence-electron chi connectivity index (χ0n) is 15.1. The van der Waals surface area contributed by atoms with Crippen LogP contribution in [0.4, 0.5) is 0 Å². The summed E-state index contributed by atoms with van der Waals surface area (Å²) in [4.78, 5) is 15.1. The Balaban J connectivity index is 1.52. The minimum absolute atomic E-state index is 0.0225. The van der Waals surface area contributed by atoms with E-state index in [2.05, 4.69) is 24.8 Å². The first-order chi connectivity index (χ1) is 11.6. The Morgan fingerprint density at radius 1 is 1.29 bits per heavy atom. The molecule has 134 valence electrons. The van der Waals surface area contributed by atoms with Crippen LogP contribution in [-0.2, 0) is 14.3 Å². The zero-order valence-corrected chi connectivity index (χ0v) is 15.1. The summed E-state index contributed by atoms with van der Waals surface area (Å²) < 4.78 is 11.9. The number of carbonyl (C=O) groups excluding carboxylic acids is 1. The Morgan fingerprint density at radius 2 is 2.08 bits per heavy atom. The van der Waals surface area contributed by atoms with Gasteiger partial charge in [0.05, 0.1) is 11.5 Å². The summed E-state index contributed by atoms with van der Waals surface area (Å²) >= 11 is 0. The van der Waals surface area contributed by atoms with Crippen molar-refractivity contribution in [3.8, 4) is 0 Å². The highest BCUT2D eigenvalue weighted by Crippen LogP contribution is 2.50. The molecule has 0 saturated carbocycles. The van der Waals surface area contributed by atoms with Gasteiger partial charge in [-0.25, -0.2) is 0 Å². The lowest BCUT2D eigenvalue weighted by Gasteiger charge is -2.30. The Hall–Kier alpha value is -0.870. The van der Waals surface area contributed by atoms with Crippen LogP contribution in [0, 0.1) is 11.8 Å². The summed E-state index contributed by atoms with van der Waals surface area (Å²) in [5.41, 5.74) is 1.37. The van der Waals surface area contributed by atoms with E-state index in [0.29, 0.717) is 5.92 Å². The number of rotatable bonds is 2. The molecule has 5 unspecified atom stereocenters. The average Bonchev–Trinajstić information content (AvgIpc) is 3.14. The Labute approximate surface area is 145 Å². The summed E-state index contributed by atoms with van der Waals surface area (Å²) in [6.45, 7) is 7.56. The van der Waals surface area contributed by atoms with Gasteiger partial charge in [-0.1, -0.05) is 18.1 Å². The first kappa shape index (κ1) is 16.6. The third-order valence-corrected chi connectivity index (χ3v) is 6.64. The van der Waals surface area contributed by atoms with Crippen molar-refractivity contribution in [2.75, 3.05) is 19.6 Å². The predicted molar refractivity (Wildman–Crippen MR) is 92.7 cm³/mol. The zero-order chi connectivity index (χ0) is 16.7. The van der Waals surface area contributed by atoms with Crippen LogP contribution in [0.15, 0.2) is 11.6 Å². The first-order valence-corrected chi connectivity index (χ1v) is 9.83. The lowest BCUT2D eigenvalue weighted by atomic mass is 9.80. The van der Waals surface area contributed by atoms with Gasteiger partial charge in [-0.2, -0.15) is 0 Å². The molecular formula is C20H31NO3. The van der Waals surface area contributed by atoms with Crippen LogP contribution in [0.1, 0.15) is 58.8 Å². The van der Waals surface area contributed by atoms with E-state index in [-0.39, 0.29) is 29.7 Å². The Kier molecular flexibility index (Phi) is 4.46. The van der Waals surface area contributed by atoms with E-state index in [9.17, 15) is 4.79 Å². The second kappa shape index (κ2) is 6.45. The van der Waals surface area contributed by atoms with Crippen LogP contribution >= 0.6 is 0 Å². The molecule has 5 atom stereocenters. The topological polar surface area (TPSA) is 42.1 Å². The van der Waals surface area contributed by atoms with Gasteiger partial charge in [0.2, 0.25) is 0 Å². The van der Waals surface area contributed by atoms with Crippen molar-refractivity contribution < 1.29 is 14.3 Å². The van der Waals surface area contributed by atoms with Crippen molar-refractivity contribution in [1.29, 1.82) is 0 Å². The molecule has 4 aliphatic rings. The molecule has 3 aliphatic heterocycles. The molecular weight excluding hydrogens is 302 g/mol. The molecule has 3 saturated heterocycles. The Bertz CT molecular complexity index is 525. The van der Waals surface area contributed by atoms with Gasteiger partial charge in [0.1, 0.15) is 12.2 Å². The molecule has 24 heavy (non-hydrogen) atoms. The van der Waals surface area contributed by atoms with Gasteiger partial charge in [-0.15, -0.1) is 0 Å². The van der Waals surface area contributed by atoms with E-state index in [0.717, 1.165) is 45.3 Å². The Morgan fingerprint density at radius 3 is 2.88 bits per heavy atom. The normalized spacial score (nSPS) is 45.6. The molecule has 0 spiro atoms. The molecule has 0 aromatic rings. The lowest BCUT2D eigenvalue weighted by molar-refractivity contribution is -0.145. The van der Waals surface area contributed by atoms with Crippen LogP contribution in [0.2, 0.25) is 0 Å². The van der Waals surface area contributed by atoms with Crippen molar-refractivity contribution in [2.24, 2.45) is 11.8 Å². The molecule has 0 N–H and O–H groups in total. The average molecular weight is 333 g/mol. The molecule has 0 radical (unpaired) electrons. The SMILES string of the molecule is C/C1=C/CCC2(C)OC2C2OC(=O)C(CN3CCCCC3)C2CC1. The van der Waals surface area contributed by atoms with E-state index < -0.39 is 0 Å². The number of esters is 1. The minimum atomic E-state index is -0.0860. The number of allylic oxidation sites excluding steroid dienone is 2. The minimum Gasteiger partial charge on any atom is -0.459 e. The second-order valence-corrected chi connectivity index (χ2v) is 8.51. The number of nitrogens with zero attached hydrogens (tertiary/aromatic N) is 1. The van der Waals surface area contributed by atoms with E-state index in [1.165, 1.54) is 24.8 Å². The summed E-state index contributed by atoms with van der Waals surface area (Å²) in [5.74, 6) is 0.371. The highest BCUT2D eigenvalue weighted by molar-refractivity contribution is 5.75. The number of likely N-dealkylation sites (tertiary alicyclic amines) is 1. The van der Waals surface area contributed by atoms with Crippen molar-refractivity contribution >= 4 is 5.97 Å². The van der Waals surface area contributed by atoms with Crippen molar-refractivity contribution in [1.82, 2.24) is 4.90 Å². The van der Waals surface area contributed by atoms with Gasteiger partial charge < -0.3 is 14.4 Å².